The third kappa shape index (κ3) is 4.68. The fraction of sp³-hybridized carbons (Fsp3) is 0.538. The van der Waals surface area contributed by atoms with Crippen LogP contribution in [0.5, 0.6) is 0 Å². The molecular formula is C13H19F2NO2. The highest BCUT2D eigenvalue weighted by Gasteiger charge is 2.13. The molecule has 18 heavy (non-hydrogen) atoms. The van der Waals surface area contributed by atoms with Gasteiger partial charge in [0.15, 0.2) is 11.6 Å². The molecule has 0 bridgehead atoms. The number of aliphatic hydroxyl groups excluding tert-OH is 2. The molecule has 0 spiro atoms. The lowest BCUT2D eigenvalue weighted by atomic mass is 10.1. The zero-order valence-electron chi connectivity index (χ0n) is 10.6. The van der Waals surface area contributed by atoms with Crippen LogP contribution in [0.3, 0.4) is 0 Å². The molecule has 0 aliphatic heterocycles. The molecule has 0 aliphatic rings. The molecule has 0 aromatic heterocycles. The summed E-state index contributed by atoms with van der Waals surface area (Å²) in [5, 5.41) is 19.0. The maximum atomic E-state index is 13.0. The Hall–Kier alpha value is -1.04. The number of nitrogens with zero attached hydrogens (tertiary/aromatic N) is 1. The van der Waals surface area contributed by atoms with Crippen molar-refractivity contribution in [3.63, 3.8) is 0 Å². The average molecular weight is 259 g/mol. The summed E-state index contributed by atoms with van der Waals surface area (Å²) in [6.45, 7) is 2.62. The topological polar surface area (TPSA) is 43.7 Å². The summed E-state index contributed by atoms with van der Waals surface area (Å²) < 4.78 is 25.7. The molecule has 0 saturated heterocycles. The number of likely N-dealkylation sites (N-methyl/N-ethyl adjacent to an activating group) is 1. The molecular weight excluding hydrogens is 240 g/mol. The average Bonchev–Trinajstić information content (AvgIpc) is 2.30. The second kappa shape index (κ2) is 6.78. The molecule has 1 aromatic rings. The molecule has 0 heterocycles. The minimum absolute atomic E-state index is 0.303. The Morgan fingerprint density at radius 1 is 1.22 bits per heavy atom. The molecule has 1 aromatic carbocycles. The van der Waals surface area contributed by atoms with E-state index < -0.39 is 23.8 Å². The first-order valence-electron chi connectivity index (χ1n) is 5.89. The van der Waals surface area contributed by atoms with Crippen LogP contribution in [0.4, 0.5) is 8.78 Å². The fourth-order valence-electron chi connectivity index (χ4n) is 1.62. The number of halogens is 2. The summed E-state index contributed by atoms with van der Waals surface area (Å²) in [5.41, 5.74) is 0.345. The monoisotopic (exact) mass is 259 g/mol. The van der Waals surface area contributed by atoms with Gasteiger partial charge in [-0.2, -0.15) is 0 Å². The van der Waals surface area contributed by atoms with Crippen LogP contribution in [0.2, 0.25) is 0 Å². The summed E-state index contributed by atoms with van der Waals surface area (Å²) in [5.74, 6) is -1.88. The Balaban J connectivity index is 2.53. The van der Waals surface area contributed by atoms with E-state index in [-0.39, 0.29) is 0 Å². The quantitative estimate of drug-likeness (QED) is 0.817. The molecule has 0 amide bonds. The molecule has 0 fully saturated rings. The predicted octanol–water partition coefficient (Wildman–Crippen LogP) is 1.70. The van der Waals surface area contributed by atoms with Crippen LogP contribution >= 0.6 is 0 Å². The van der Waals surface area contributed by atoms with Gasteiger partial charge in [0.05, 0.1) is 12.2 Å². The molecule has 102 valence electrons. The first kappa shape index (κ1) is 15.0. The van der Waals surface area contributed by atoms with E-state index in [1.54, 1.807) is 14.0 Å². The Bertz CT molecular complexity index is 385. The normalized spacial score (nSPS) is 14.8. The third-order valence-electron chi connectivity index (χ3n) is 2.74. The molecule has 2 unspecified atom stereocenters. The minimum Gasteiger partial charge on any atom is -0.393 e. The molecule has 2 atom stereocenters. The molecule has 2 N–H and O–H groups in total. The van der Waals surface area contributed by atoms with Crippen LogP contribution in [0, 0.1) is 11.6 Å². The van der Waals surface area contributed by atoms with Gasteiger partial charge >= 0.3 is 0 Å². The van der Waals surface area contributed by atoms with Crippen LogP contribution in [0.1, 0.15) is 25.0 Å². The van der Waals surface area contributed by atoms with Gasteiger partial charge in [0.25, 0.3) is 0 Å². The van der Waals surface area contributed by atoms with Crippen molar-refractivity contribution in [3.8, 4) is 0 Å². The number of aliphatic hydroxyl groups is 2. The first-order valence-corrected chi connectivity index (χ1v) is 5.89. The summed E-state index contributed by atoms with van der Waals surface area (Å²) in [6.07, 6.45) is -0.673. The van der Waals surface area contributed by atoms with Crippen molar-refractivity contribution in [3.05, 3.63) is 35.4 Å². The van der Waals surface area contributed by atoms with Crippen molar-refractivity contribution in [2.45, 2.75) is 25.6 Å². The van der Waals surface area contributed by atoms with Gasteiger partial charge in [-0.1, -0.05) is 6.07 Å². The van der Waals surface area contributed by atoms with Gasteiger partial charge in [-0.25, -0.2) is 8.78 Å². The van der Waals surface area contributed by atoms with Gasteiger partial charge in [-0.15, -0.1) is 0 Å². The van der Waals surface area contributed by atoms with E-state index >= 15 is 0 Å². The van der Waals surface area contributed by atoms with Crippen molar-refractivity contribution >= 4 is 0 Å². The number of hydrogen-bond acceptors (Lipinski definition) is 3. The standard InChI is InChI=1S/C13H19F2NO2/c1-9(17)5-6-16(2)8-13(18)10-3-4-11(14)12(15)7-10/h3-4,7,9,13,17-18H,5-6,8H2,1-2H3. The minimum atomic E-state index is -0.960. The van der Waals surface area contributed by atoms with Crippen molar-refractivity contribution in [1.82, 2.24) is 4.90 Å². The second-order valence-corrected chi connectivity index (χ2v) is 4.59. The lowest BCUT2D eigenvalue weighted by molar-refractivity contribution is 0.111. The van der Waals surface area contributed by atoms with Gasteiger partial charge in [0, 0.05) is 13.1 Å². The molecule has 1 rings (SSSR count). The van der Waals surface area contributed by atoms with Gasteiger partial charge in [-0.3, -0.25) is 0 Å². The summed E-state index contributed by atoms with van der Waals surface area (Å²) in [6, 6.07) is 3.37. The van der Waals surface area contributed by atoms with Crippen LogP contribution in [0.15, 0.2) is 18.2 Å². The number of hydrogen-bond donors (Lipinski definition) is 2. The SMILES string of the molecule is CC(O)CCN(C)CC(O)c1ccc(F)c(F)c1. The van der Waals surface area contributed by atoms with Crippen molar-refractivity contribution in [1.29, 1.82) is 0 Å². The highest BCUT2D eigenvalue weighted by atomic mass is 19.2. The molecule has 5 heteroatoms. The maximum absolute atomic E-state index is 13.0. The first-order chi connectivity index (χ1) is 8.40. The van der Waals surface area contributed by atoms with Crippen LogP contribution in [0.25, 0.3) is 0 Å². The zero-order chi connectivity index (χ0) is 13.7. The Morgan fingerprint density at radius 3 is 2.44 bits per heavy atom. The van der Waals surface area contributed by atoms with E-state index in [0.717, 1.165) is 12.1 Å². The Kier molecular flexibility index (Phi) is 5.65. The second-order valence-electron chi connectivity index (χ2n) is 4.59. The largest absolute Gasteiger partial charge is 0.393 e. The Labute approximate surface area is 106 Å². The van der Waals surface area contributed by atoms with Crippen molar-refractivity contribution in [2.75, 3.05) is 20.1 Å². The predicted molar refractivity (Wildman–Crippen MR) is 65.1 cm³/mol. The highest BCUT2D eigenvalue weighted by Crippen LogP contribution is 2.17. The maximum Gasteiger partial charge on any atom is 0.159 e. The third-order valence-corrected chi connectivity index (χ3v) is 2.74. The van der Waals surface area contributed by atoms with Crippen LogP contribution in [-0.2, 0) is 0 Å². The number of benzene rings is 1. The highest BCUT2D eigenvalue weighted by molar-refractivity contribution is 5.20. The summed E-state index contributed by atoms with van der Waals surface area (Å²) >= 11 is 0. The fourth-order valence-corrected chi connectivity index (χ4v) is 1.62. The van der Waals surface area contributed by atoms with E-state index in [2.05, 4.69) is 0 Å². The molecule has 0 radical (unpaired) electrons. The van der Waals surface area contributed by atoms with E-state index in [9.17, 15) is 13.9 Å². The lowest BCUT2D eigenvalue weighted by Crippen LogP contribution is -2.27. The van der Waals surface area contributed by atoms with E-state index in [4.69, 9.17) is 5.11 Å². The number of rotatable bonds is 6. The molecule has 0 saturated carbocycles. The van der Waals surface area contributed by atoms with Crippen LogP contribution < -0.4 is 0 Å². The van der Waals surface area contributed by atoms with Gasteiger partial charge in [-0.05, 0) is 38.1 Å². The van der Waals surface area contributed by atoms with Crippen LogP contribution in [-0.4, -0.2) is 41.4 Å². The van der Waals surface area contributed by atoms with Gasteiger partial charge in [0.1, 0.15) is 0 Å². The van der Waals surface area contributed by atoms with E-state index in [1.807, 2.05) is 4.90 Å². The van der Waals surface area contributed by atoms with Crippen molar-refractivity contribution in [2.24, 2.45) is 0 Å². The van der Waals surface area contributed by atoms with Gasteiger partial charge in [0.2, 0.25) is 0 Å². The van der Waals surface area contributed by atoms with E-state index in [0.29, 0.717) is 25.1 Å². The lowest BCUT2D eigenvalue weighted by Gasteiger charge is -2.21. The summed E-state index contributed by atoms with van der Waals surface area (Å²) in [4.78, 5) is 1.83. The summed E-state index contributed by atoms with van der Waals surface area (Å²) in [7, 11) is 1.80. The van der Waals surface area contributed by atoms with E-state index in [1.165, 1.54) is 6.07 Å². The smallest absolute Gasteiger partial charge is 0.159 e. The molecule has 3 nitrogen and oxygen atoms in total. The molecule has 0 aliphatic carbocycles. The Morgan fingerprint density at radius 2 is 1.89 bits per heavy atom. The van der Waals surface area contributed by atoms with Crippen molar-refractivity contribution < 1.29 is 19.0 Å². The van der Waals surface area contributed by atoms with Gasteiger partial charge < -0.3 is 15.1 Å². The zero-order valence-corrected chi connectivity index (χ0v) is 10.6.